The third-order valence-corrected chi connectivity index (χ3v) is 6.28. The third-order valence-electron chi connectivity index (χ3n) is 2.21. The molecule has 0 aromatic heterocycles. The van der Waals surface area contributed by atoms with Crippen LogP contribution >= 0.6 is 15.2 Å². The summed E-state index contributed by atoms with van der Waals surface area (Å²) >= 11 is 0. The molecular formula is C5H12N2O8P2. The quantitative estimate of drug-likeness (QED) is 0.355. The second kappa shape index (κ2) is 4.58. The molecule has 0 unspecified atom stereocenters. The van der Waals surface area contributed by atoms with Crippen molar-refractivity contribution in [3.05, 3.63) is 0 Å². The maximum atomic E-state index is 11.1. The Kier molecular flexibility index (Phi) is 4.42. The van der Waals surface area contributed by atoms with E-state index >= 15 is 0 Å². The standard InChI is InChI=1S/C5H10N2O7P2.H2O/c6-4-3(8)1-2-5(7-4,15(9,10)11)16(12,13)14;/h1-2H2,(H2,6,7)(H2,9,10,11)(H2,12,13,14);1H2. The Bertz CT molecular complexity index is 425. The molecule has 0 aliphatic carbocycles. The molecule has 0 amide bonds. The summed E-state index contributed by atoms with van der Waals surface area (Å²) < 4.78 is 22.3. The highest BCUT2D eigenvalue weighted by Crippen LogP contribution is 2.72. The summed E-state index contributed by atoms with van der Waals surface area (Å²) in [6.07, 6.45) is -1.20. The zero-order valence-electron chi connectivity index (χ0n) is 8.35. The predicted molar refractivity (Wildman–Crippen MR) is 56.3 cm³/mol. The molecule has 1 heterocycles. The lowest BCUT2D eigenvalue weighted by Gasteiger charge is -2.33. The number of nitrogens with two attached hydrogens (primary N) is 1. The van der Waals surface area contributed by atoms with Gasteiger partial charge in [-0.05, 0) is 0 Å². The van der Waals surface area contributed by atoms with Crippen molar-refractivity contribution in [2.24, 2.45) is 10.7 Å². The van der Waals surface area contributed by atoms with Crippen LogP contribution in [0.2, 0.25) is 0 Å². The van der Waals surface area contributed by atoms with Gasteiger partial charge in [-0.1, -0.05) is 0 Å². The van der Waals surface area contributed by atoms with Crippen LogP contribution in [0, 0.1) is 0 Å². The second-order valence-electron chi connectivity index (χ2n) is 3.28. The fraction of sp³-hybridized carbons (Fsp3) is 0.600. The van der Waals surface area contributed by atoms with Gasteiger partial charge in [0.2, 0.25) is 0 Å². The molecule has 0 saturated carbocycles. The summed E-state index contributed by atoms with van der Waals surface area (Å²) in [7, 11) is -10.5. The number of aliphatic imine (C=N–C) groups is 1. The molecule has 1 aliphatic heterocycles. The summed E-state index contributed by atoms with van der Waals surface area (Å²) in [4.78, 5) is 49.9. The van der Waals surface area contributed by atoms with E-state index in [0.29, 0.717) is 0 Å². The molecule has 1 rings (SSSR count). The lowest BCUT2D eigenvalue weighted by atomic mass is 10.1. The van der Waals surface area contributed by atoms with E-state index in [2.05, 4.69) is 4.99 Å². The zero-order chi connectivity index (χ0) is 12.8. The van der Waals surface area contributed by atoms with Crippen LogP contribution in [0.5, 0.6) is 0 Å². The Hall–Kier alpha value is -0.600. The van der Waals surface area contributed by atoms with Gasteiger partial charge in [0.25, 0.3) is 5.02 Å². The third kappa shape index (κ3) is 2.63. The second-order valence-corrected chi connectivity index (χ2v) is 7.29. The molecule has 0 radical (unpaired) electrons. The van der Waals surface area contributed by atoms with Crippen molar-refractivity contribution < 1.29 is 39.0 Å². The Balaban J connectivity index is 0.00000256. The summed E-state index contributed by atoms with van der Waals surface area (Å²) in [5.74, 6) is -1.48. The summed E-state index contributed by atoms with van der Waals surface area (Å²) in [5, 5.41) is -2.92. The maximum absolute atomic E-state index is 11.1. The Morgan fingerprint density at radius 2 is 1.59 bits per heavy atom. The van der Waals surface area contributed by atoms with Gasteiger partial charge in [-0.2, -0.15) is 0 Å². The summed E-state index contributed by atoms with van der Waals surface area (Å²) in [6.45, 7) is 0. The number of hydrogen-bond donors (Lipinski definition) is 5. The van der Waals surface area contributed by atoms with E-state index in [0.717, 1.165) is 0 Å². The topological polar surface area (TPSA) is 202 Å². The van der Waals surface area contributed by atoms with Crippen LogP contribution in [0.1, 0.15) is 12.8 Å². The van der Waals surface area contributed by atoms with Gasteiger partial charge in [0, 0.05) is 12.8 Å². The molecule has 100 valence electrons. The smallest absolute Gasteiger partial charge is 0.365 e. The number of Topliss-reactive ketones (excluding diaryl/α,β-unsaturated/α-hetero) is 1. The molecule has 0 aromatic rings. The number of carbonyl (C=O) groups is 1. The molecule has 8 N–H and O–H groups in total. The monoisotopic (exact) mass is 290 g/mol. The van der Waals surface area contributed by atoms with E-state index in [1.165, 1.54) is 0 Å². The van der Waals surface area contributed by atoms with Gasteiger partial charge in [0.15, 0.2) is 11.6 Å². The lowest BCUT2D eigenvalue weighted by molar-refractivity contribution is -0.113. The summed E-state index contributed by atoms with van der Waals surface area (Å²) in [5.41, 5.74) is 5.06. The Morgan fingerprint density at radius 3 is 1.88 bits per heavy atom. The minimum absolute atomic E-state index is 0. The van der Waals surface area contributed by atoms with Crippen molar-refractivity contribution in [2.75, 3.05) is 0 Å². The fourth-order valence-corrected chi connectivity index (χ4v) is 3.95. The molecule has 10 nitrogen and oxygen atoms in total. The van der Waals surface area contributed by atoms with Gasteiger partial charge in [-0.15, -0.1) is 0 Å². The van der Waals surface area contributed by atoms with Crippen LogP contribution in [-0.2, 0) is 13.9 Å². The SMILES string of the molecule is NC1=NC(P(=O)(O)O)(P(=O)(O)O)CCC1=O.O. The van der Waals surface area contributed by atoms with Crippen molar-refractivity contribution in [3.63, 3.8) is 0 Å². The van der Waals surface area contributed by atoms with Crippen LogP contribution in [0.15, 0.2) is 4.99 Å². The van der Waals surface area contributed by atoms with Crippen LogP contribution in [-0.4, -0.2) is 41.7 Å². The highest BCUT2D eigenvalue weighted by atomic mass is 31.2. The molecule has 0 fully saturated rings. The minimum Gasteiger partial charge on any atom is -0.412 e. The molecule has 0 saturated heterocycles. The highest BCUT2D eigenvalue weighted by Gasteiger charge is 2.62. The van der Waals surface area contributed by atoms with E-state index < -0.39 is 44.7 Å². The lowest BCUT2D eigenvalue weighted by Crippen LogP contribution is -2.39. The number of carbonyl (C=O) groups excluding carboxylic acids is 1. The Labute approximate surface area is 95.2 Å². The molecule has 0 atom stereocenters. The molecule has 12 heteroatoms. The molecular weight excluding hydrogens is 278 g/mol. The van der Waals surface area contributed by atoms with Crippen molar-refractivity contribution in [3.8, 4) is 0 Å². The predicted octanol–water partition coefficient (Wildman–Crippen LogP) is -2.11. The normalized spacial score (nSPS) is 20.5. The molecule has 0 aromatic carbocycles. The van der Waals surface area contributed by atoms with Gasteiger partial charge < -0.3 is 30.8 Å². The van der Waals surface area contributed by atoms with Gasteiger partial charge in [-0.25, -0.2) is 4.99 Å². The maximum Gasteiger partial charge on any atom is 0.365 e. The van der Waals surface area contributed by atoms with Crippen LogP contribution in [0.25, 0.3) is 0 Å². The van der Waals surface area contributed by atoms with Crippen molar-refractivity contribution in [2.45, 2.75) is 17.9 Å². The first kappa shape index (κ1) is 16.4. The molecule has 0 spiro atoms. The average Bonchev–Trinajstić information content (AvgIpc) is 2.05. The summed E-state index contributed by atoms with van der Waals surface area (Å²) in [6, 6.07) is 0. The number of rotatable bonds is 2. The van der Waals surface area contributed by atoms with Gasteiger partial charge in [0.05, 0.1) is 0 Å². The first-order valence-electron chi connectivity index (χ1n) is 4.01. The van der Waals surface area contributed by atoms with E-state index in [4.69, 9.17) is 25.3 Å². The first-order valence-corrected chi connectivity index (χ1v) is 7.23. The molecule has 17 heavy (non-hydrogen) atoms. The van der Waals surface area contributed by atoms with Gasteiger partial charge in [0.1, 0.15) is 0 Å². The van der Waals surface area contributed by atoms with E-state index in [9.17, 15) is 13.9 Å². The number of amidine groups is 1. The van der Waals surface area contributed by atoms with Crippen molar-refractivity contribution in [1.82, 2.24) is 0 Å². The van der Waals surface area contributed by atoms with Crippen LogP contribution in [0.4, 0.5) is 0 Å². The molecule has 0 bridgehead atoms. The van der Waals surface area contributed by atoms with Crippen molar-refractivity contribution >= 4 is 26.8 Å². The number of hydrogen-bond acceptors (Lipinski definition) is 5. The molecule has 1 aliphatic rings. The highest BCUT2D eigenvalue weighted by molar-refractivity contribution is 7.72. The van der Waals surface area contributed by atoms with E-state index in [1.807, 2.05) is 0 Å². The van der Waals surface area contributed by atoms with Crippen LogP contribution in [0.3, 0.4) is 0 Å². The Morgan fingerprint density at radius 1 is 1.18 bits per heavy atom. The zero-order valence-corrected chi connectivity index (χ0v) is 10.1. The number of ketones is 1. The van der Waals surface area contributed by atoms with Crippen LogP contribution < -0.4 is 5.73 Å². The first-order chi connectivity index (χ1) is 7.01. The average molecular weight is 290 g/mol. The fourth-order valence-electron chi connectivity index (χ4n) is 1.31. The van der Waals surface area contributed by atoms with Gasteiger partial charge >= 0.3 is 15.2 Å². The van der Waals surface area contributed by atoms with Crippen molar-refractivity contribution in [1.29, 1.82) is 0 Å². The van der Waals surface area contributed by atoms with E-state index in [1.54, 1.807) is 0 Å². The number of nitrogens with zero attached hydrogens (tertiary/aromatic N) is 1. The minimum atomic E-state index is -5.24. The largest absolute Gasteiger partial charge is 0.412 e. The van der Waals surface area contributed by atoms with Gasteiger partial charge in [-0.3, -0.25) is 13.9 Å². The van der Waals surface area contributed by atoms with E-state index in [-0.39, 0.29) is 5.48 Å².